The third kappa shape index (κ3) is 3.44. The molecule has 0 radical (unpaired) electrons. The van der Waals surface area contributed by atoms with Crippen molar-refractivity contribution in [3.8, 4) is 0 Å². The third-order valence-corrected chi connectivity index (χ3v) is 5.48. The molecule has 4 nitrogen and oxygen atoms in total. The van der Waals surface area contributed by atoms with E-state index in [1.165, 1.54) is 11.4 Å². The minimum Gasteiger partial charge on any atom is -0.253 e. The average Bonchev–Trinajstić information content (AvgIpc) is 2.47. The minimum absolute atomic E-state index is 0.263. The van der Waals surface area contributed by atoms with Crippen molar-refractivity contribution in [2.45, 2.75) is 24.7 Å². The van der Waals surface area contributed by atoms with Gasteiger partial charge in [0.2, 0.25) is 0 Å². The van der Waals surface area contributed by atoms with Crippen molar-refractivity contribution in [3.05, 3.63) is 52.6 Å². The number of hydrogen-bond donors (Lipinski definition) is 0. The molecule has 1 heterocycles. The fourth-order valence-corrected chi connectivity index (χ4v) is 3.25. The molecule has 0 bridgehead atoms. The van der Waals surface area contributed by atoms with Crippen molar-refractivity contribution >= 4 is 31.8 Å². The van der Waals surface area contributed by atoms with Crippen LogP contribution in [0.15, 0.2) is 52.0 Å². The van der Waals surface area contributed by atoms with E-state index in [-0.39, 0.29) is 4.90 Å². The Kier molecular flexibility index (Phi) is 4.68. The van der Waals surface area contributed by atoms with Crippen LogP contribution in [-0.2, 0) is 10.0 Å². The van der Waals surface area contributed by atoms with E-state index < -0.39 is 10.0 Å². The highest BCUT2D eigenvalue weighted by molar-refractivity contribution is 9.10. The zero-order valence-electron chi connectivity index (χ0n) is 12.1. The standard InChI is InChI=1S/C15H17BrN2O2S/c1-11(2)12-4-7-14(8-5-12)21(19,20)18(3)15-9-6-13(16)10-17-15/h4-11H,1-3H3. The van der Waals surface area contributed by atoms with Crippen LogP contribution in [0.2, 0.25) is 0 Å². The summed E-state index contributed by atoms with van der Waals surface area (Å²) in [5, 5.41) is 0. The van der Waals surface area contributed by atoms with E-state index >= 15 is 0 Å². The second-order valence-corrected chi connectivity index (χ2v) is 7.92. The first-order chi connectivity index (χ1) is 9.82. The topological polar surface area (TPSA) is 50.3 Å². The van der Waals surface area contributed by atoms with Gasteiger partial charge >= 0.3 is 0 Å². The normalized spacial score (nSPS) is 11.7. The molecule has 0 aliphatic rings. The van der Waals surface area contributed by atoms with Gasteiger partial charge in [0.25, 0.3) is 10.0 Å². The van der Waals surface area contributed by atoms with Crippen LogP contribution >= 0.6 is 15.9 Å². The largest absolute Gasteiger partial charge is 0.265 e. The van der Waals surface area contributed by atoms with E-state index in [4.69, 9.17) is 0 Å². The monoisotopic (exact) mass is 368 g/mol. The Bertz CT molecular complexity index is 710. The van der Waals surface area contributed by atoms with Crippen molar-refractivity contribution in [2.24, 2.45) is 0 Å². The maximum atomic E-state index is 12.6. The molecule has 0 spiro atoms. The Morgan fingerprint density at radius 3 is 2.19 bits per heavy atom. The number of pyridine rings is 1. The molecule has 0 aliphatic heterocycles. The van der Waals surface area contributed by atoms with Gasteiger partial charge in [0.05, 0.1) is 4.90 Å². The summed E-state index contributed by atoms with van der Waals surface area (Å²) in [6.45, 7) is 4.14. The Morgan fingerprint density at radius 2 is 1.71 bits per heavy atom. The summed E-state index contributed by atoms with van der Waals surface area (Å²) in [4.78, 5) is 4.38. The summed E-state index contributed by atoms with van der Waals surface area (Å²) in [6.07, 6.45) is 1.57. The molecule has 0 amide bonds. The molecule has 0 atom stereocenters. The molecule has 0 unspecified atom stereocenters. The van der Waals surface area contributed by atoms with E-state index in [1.54, 1.807) is 30.5 Å². The molecule has 112 valence electrons. The van der Waals surface area contributed by atoms with Gasteiger partial charge in [0.15, 0.2) is 0 Å². The molecular weight excluding hydrogens is 352 g/mol. The van der Waals surface area contributed by atoms with Crippen LogP contribution in [0, 0.1) is 0 Å². The molecule has 0 aliphatic carbocycles. The van der Waals surface area contributed by atoms with Gasteiger partial charge in [-0.1, -0.05) is 26.0 Å². The van der Waals surface area contributed by atoms with Crippen molar-refractivity contribution < 1.29 is 8.42 Å². The Labute approximate surface area is 134 Å². The van der Waals surface area contributed by atoms with E-state index in [0.29, 0.717) is 11.7 Å². The maximum Gasteiger partial charge on any atom is 0.265 e. The first kappa shape index (κ1) is 16.0. The molecule has 0 N–H and O–H groups in total. The number of hydrogen-bond acceptors (Lipinski definition) is 3. The summed E-state index contributed by atoms with van der Waals surface area (Å²) >= 11 is 3.28. The first-order valence-corrected chi connectivity index (χ1v) is 8.76. The van der Waals surface area contributed by atoms with Gasteiger partial charge < -0.3 is 0 Å². The second kappa shape index (κ2) is 6.15. The van der Waals surface area contributed by atoms with Crippen LogP contribution in [0.4, 0.5) is 5.82 Å². The van der Waals surface area contributed by atoms with Crippen LogP contribution in [0.1, 0.15) is 25.3 Å². The Balaban J connectivity index is 2.34. The van der Waals surface area contributed by atoms with Gasteiger partial charge in [0, 0.05) is 17.7 Å². The maximum absolute atomic E-state index is 12.6. The van der Waals surface area contributed by atoms with E-state index in [9.17, 15) is 8.42 Å². The summed E-state index contributed by atoms with van der Waals surface area (Å²) in [7, 11) is -2.09. The molecule has 0 saturated carbocycles. The highest BCUT2D eigenvalue weighted by Crippen LogP contribution is 2.23. The third-order valence-electron chi connectivity index (χ3n) is 3.24. The molecule has 0 fully saturated rings. The predicted molar refractivity (Wildman–Crippen MR) is 88.1 cm³/mol. The fraction of sp³-hybridized carbons (Fsp3) is 0.267. The number of aromatic nitrogens is 1. The number of benzene rings is 1. The average molecular weight is 369 g/mol. The number of halogens is 1. The van der Waals surface area contributed by atoms with Crippen molar-refractivity contribution in [2.75, 3.05) is 11.4 Å². The molecule has 2 rings (SSSR count). The summed E-state index contributed by atoms with van der Waals surface area (Å²) < 4.78 is 27.1. The molecule has 1 aromatic heterocycles. The zero-order valence-corrected chi connectivity index (χ0v) is 14.5. The number of anilines is 1. The lowest BCUT2D eigenvalue weighted by Gasteiger charge is -2.18. The molecular formula is C15H17BrN2O2S. The summed E-state index contributed by atoms with van der Waals surface area (Å²) in [6, 6.07) is 10.4. The van der Waals surface area contributed by atoms with Gasteiger partial charge in [0.1, 0.15) is 5.82 Å². The van der Waals surface area contributed by atoms with Crippen molar-refractivity contribution in [3.63, 3.8) is 0 Å². The highest BCUT2D eigenvalue weighted by atomic mass is 79.9. The lowest BCUT2D eigenvalue weighted by atomic mass is 10.0. The SMILES string of the molecule is CC(C)c1ccc(S(=O)(=O)N(C)c2ccc(Br)cn2)cc1. The number of sulfonamides is 1. The summed E-state index contributed by atoms with van der Waals surface area (Å²) in [5.74, 6) is 0.749. The van der Waals surface area contributed by atoms with E-state index in [1.807, 2.05) is 12.1 Å². The lowest BCUT2D eigenvalue weighted by Crippen LogP contribution is -2.27. The van der Waals surface area contributed by atoms with Crippen molar-refractivity contribution in [1.29, 1.82) is 0 Å². The highest BCUT2D eigenvalue weighted by Gasteiger charge is 2.22. The van der Waals surface area contributed by atoms with Gasteiger partial charge in [-0.05, 0) is 51.7 Å². The van der Waals surface area contributed by atoms with Crippen LogP contribution in [0.5, 0.6) is 0 Å². The zero-order chi connectivity index (χ0) is 15.6. The van der Waals surface area contributed by atoms with Gasteiger partial charge in [-0.25, -0.2) is 13.4 Å². The molecule has 21 heavy (non-hydrogen) atoms. The molecule has 0 saturated heterocycles. The fourth-order valence-electron chi connectivity index (χ4n) is 1.86. The number of nitrogens with zero attached hydrogens (tertiary/aromatic N) is 2. The van der Waals surface area contributed by atoms with Crippen LogP contribution in [-0.4, -0.2) is 20.4 Å². The second-order valence-electron chi connectivity index (χ2n) is 5.03. The Hall–Kier alpha value is -1.40. The number of rotatable bonds is 4. The van der Waals surface area contributed by atoms with Crippen LogP contribution < -0.4 is 4.31 Å². The van der Waals surface area contributed by atoms with Gasteiger partial charge in [-0.15, -0.1) is 0 Å². The van der Waals surface area contributed by atoms with Crippen LogP contribution in [0.25, 0.3) is 0 Å². The van der Waals surface area contributed by atoms with E-state index in [0.717, 1.165) is 10.0 Å². The van der Waals surface area contributed by atoms with Gasteiger partial charge in [-0.2, -0.15) is 0 Å². The molecule has 1 aromatic carbocycles. The smallest absolute Gasteiger partial charge is 0.253 e. The Morgan fingerprint density at radius 1 is 1.10 bits per heavy atom. The van der Waals surface area contributed by atoms with Crippen LogP contribution in [0.3, 0.4) is 0 Å². The quantitative estimate of drug-likeness (QED) is 0.824. The lowest BCUT2D eigenvalue weighted by molar-refractivity contribution is 0.594. The minimum atomic E-state index is -3.59. The molecule has 2 aromatic rings. The van der Waals surface area contributed by atoms with E-state index in [2.05, 4.69) is 34.8 Å². The molecule has 6 heteroatoms. The predicted octanol–water partition coefficient (Wildman–Crippen LogP) is 3.79. The summed E-state index contributed by atoms with van der Waals surface area (Å²) in [5.41, 5.74) is 1.11. The first-order valence-electron chi connectivity index (χ1n) is 6.53. The van der Waals surface area contributed by atoms with Crippen molar-refractivity contribution in [1.82, 2.24) is 4.98 Å². The van der Waals surface area contributed by atoms with Gasteiger partial charge in [-0.3, -0.25) is 4.31 Å².